The molecule has 3 nitrogen and oxygen atoms in total. The van der Waals surface area contributed by atoms with Gasteiger partial charge in [-0.15, -0.1) is 0 Å². The van der Waals surface area contributed by atoms with Crippen LogP contribution in [0.4, 0.5) is 0 Å². The van der Waals surface area contributed by atoms with Gasteiger partial charge in [0.1, 0.15) is 11.3 Å². The molecule has 80 valence electrons. The first kappa shape index (κ1) is 10.3. The fourth-order valence-electron chi connectivity index (χ4n) is 1.59. The number of benzene rings is 1. The van der Waals surface area contributed by atoms with Gasteiger partial charge in [-0.2, -0.15) is 0 Å². The molecule has 0 atom stereocenters. The highest BCUT2D eigenvalue weighted by Gasteiger charge is 2.08. The van der Waals surface area contributed by atoms with Crippen LogP contribution in [0.25, 0.3) is 11.0 Å². The first-order chi connectivity index (χ1) is 7.24. The van der Waals surface area contributed by atoms with Crippen molar-refractivity contribution in [1.82, 2.24) is 5.32 Å². The fourth-order valence-corrected chi connectivity index (χ4v) is 1.80. The van der Waals surface area contributed by atoms with Gasteiger partial charge in [-0.05, 0) is 30.8 Å². The van der Waals surface area contributed by atoms with E-state index in [-0.39, 0.29) is 0 Å². The van der Waals surface area contributed by atoms with Crippen LogP contribution in [0.1, 0.15) is 5.56 Å². The first-order valence-corrected chi connectivity index (χ1v) is 5.03. The highest BCUT2D eigenvalue weighted by molar-refractivity contribution is 6.29. The van der Waals surface area contributed by atoms with Crippen LogP contribution in [-0.2, 0) is 6.54 Å². The van der Waals surface area contributed by atoms with E-state index < -0.39 is 0 Å². The molecule has 2 rings (SSSR count). The SMILES string of the molecule is CNCc1cc2oc(Cl)cc2cc1OC. The number of ether oxygens (including phenoxy) is 1. The Labute approximate surface area is 93.0 Å². The molecule has 0 bridgehead atoms. The van der Waals surface area contributed by atoms with E-state index in [9.17, 15) is 0 Å². The summed E-state index contributed by atoms with van der Waals surface area (Å²) in [5, 5.41) is 4.43. The molecule has 0 saturated carbocycles. The van der Waals surface area contributed by atoms with Crippen LogP contribution in [0.5, 0.6) is 5.75 Å². The van der Waals surface area contributed by atoms with E-state index in [0.717, 1.165) is 28.8 Å². The number of fused-ring (bicyclic) bond motifs is 1. The molecule has 0 amide bonds. The molecule has 0 aliphatic heterocycles. The van der Waals surface area contributed by atoms with Gasteiger partial charge in [0.25, 0.3) is 0 Å². The second-order valence-electron chi connectivity index (χ2n) is 3.28. The molecular weight excluding hydrogens is 214 g/mol. The second-order valence-corrected chi connectivity index (χ2v) is 3.66. The summed E-state index contributed by atoms with van der Waals surface area (Å²) in [6.45, 7) is 0.734. The maximum atomic E-state index is 5.78. The Bertz CT molecular complexity index is 479. The van der Waals surface area contributed by atoms with Gasteiger partial charge in [0.05, 0.1) is 7.11 Å². The molecule has 0 spiro atoms. The zero-order valence-corrected chi connectivity index (χ0v) is 9.39. The van der Waals surface area contributed by atoms with Crippen molar-refractivity contribution < 1.29 is 9.15 Å². The quantitative estimate of drug-likeness (QED) is 0.872. The van der Waals surface area contributed by atoms with Gasteiger partial charge in [-0.3, -0.25) is 0 Å². The molecule has 1 aromatic heterocycles. The highest BCUT2D eigenvalue weighted by atomic mass is 35.5. The first-order valence-electron chi connectivity index (χ1n) is 4.65. The maximum absolute atomic E-state index is 5.78. The van der Waals surface area contributed by atoms with Crippen molar-refractivity contribution in [3.8, 4) is 5.75 Å². The summed E-state index contributed by atoms with van der Waals surface area (Å²) in [6, 6.07) is 5.65. The number of halogens is 1. The number of furan rings is 1. The lowest BCUT2D eigenvalue weighted by molar-refractivity contribution is 0.409. The van der Waals surface area contributed by atoms with Gasteiger partial charge in [-0.1, -0.05) is 0 Å². The third kappa shape index (κ3) is 1.94. The second kappa shape index (κ2) is 4.13. The molecule has 0 unspecified atom stereocenters. The van der Waals surface area contributed by atoms with Crippen LogP contribution in [0.3, 0.4) is 0 Å². The van der Waals surface area contributed by atoms with Crippen LogP contribution >= 0.6 is 11.6 Å². The Morgan fingerprint density at radius 2 is 2.20 bits per heavy atom. The van der Waals surface area contributed by atoms with Gasteiger partial charge in [0.15, 0.2) is 5.22 Å². The largest absolute Gasteiger partial charge is 0.496 e. The highest BCUT2D eigenvalue weighted by Crippen LogP contribution is 2.29. The van der Waals surface area contributed by atoms with E-state index in [0.29, 0.717) is 5.22 Å². The molecule has 0 aliphatic carbocycles. The molecule has 1 N–H and O–H groups in total. The summed E-state index contributed by atoms with van der Waals surface area (Å²) in [4.78, 5) is 0. The van der Waals surface area contributed by atoms with E-state index in [1.165, 1.54) is 0 Å². The van der Waals surface area contributed by atoms with Gasteiger partial charge in [-0.25, -0.2) is 0 Å². The van der Waals surface area contributed by atoms with Gasteiger partial charge < -0.3 is 14.5 Å². The van der Waals surface area contributed by atoms with Gasteiger partial charge in [0, 0.05) is 23.6 Å². The molecule has 0 radical (unpaired) electrons. The summed E-state index contributed by atoms with van der Waals surface area (Å²) in [5.41, 5.74) is 1.84. The molecule has 1 heterocycles. The van der Waals surface area contributed by atoms with Crippen LogP contribution in [0, 0.1) is 0 Å². The molecule has 1 aromatic carbocycles. The molecule has 2 aromatic rings. The standard InChI is InChI=1S/C11H12ClNO2/c1-13-6-8-4-10-7(3-9(8)14-2)5-11(12)15-10/h3-5,13H,6H2,1-2H3. The van der Waals surface area contributed by atoms with E-state index in [1.807, 2.05) is 19.2 Å². The van der Waals surface area contributed by atoms with Crippen molar-refractivity contribution in [3.63, 3.8) is 0 Å². The van der Waals surface area contributed by atoms with Crippen LogP contribution < -0.4 is 10.1 Å². The normalized spacial score (nSPS) is 10.9. The Morgan fingerprint density at radius 3 is 2.87 bits per heavy atom. The van der Waals surface area contributed by atoms with E-state index in [1.54, 1.807) is 13.2 Å². The van der Waals surface area contributed by atoms with E-state index in [2.05, 4.69) is 5.32 Å². The van der Waals surface area contributed by atoms with Crippen molar-refractivity contribution >= 4 is 22.6 Å². The fraction of sp³-hybridized carbons (Fsp3) is 0.273. The summed E-state index contributed by atoms with van der Waals surface area (Å²) < 4.78 is 10.6. The lowest BCUT2D eigenvalue weighted by Crippen LogP contribution is -2.06. The lowest BCUT2D eigenvalue weighted by atomic mass is 10.1. The summed E-state index contributed by atoms with van der Waals surface area (Å²) in [7, 11) is 3.54. The minimum absolute atomic E-state index is 0.397. The number of rotatable bonds is 3. The summed E-state index contributed by atoms with van der Waals surface area (Å²) >= 11 is 5.78. The average molecular weight is 226 g/mol. The number of nitrogens with one attached hydrogen (secondary N) is 1. The Balaban J connectivity index is 2.57. The van der Waals surface area contributed by atoms with E-state index >= 15 is 0 Å². The molecule has 4 heteroatoms. The van der Waals surface area contributed by atoms with Crippen molar-refractivity contribution in [2.75, 3.05) is 14.2 Å². The summed E-state index contributed by atoms with van der Waals surface area (Å²) in [6.07, 6.45) is 0. The molecule has 0 aliphatic rings. The number of hydrogen-bond donors (Lipinski definition) is 1. The number of methoxy groups -OCH3 is 1. The van der Waals surface area contributed by atoms with Crippen molar-refractivity contribution in [1.29, 1.82) is 0 Å². The van der Waals surface area contributed by atoms with Gasteiger partial charge in [0.2, 0.25) is 0 Å². The Hall–Kier alpha value is -1.19. The zero-order chi connectivity index (χ0) is 10.8. The van der Waals surface area contributed by atoms with Crippen LogP contribution in [0.15, 0.2) is 22.6 Å². The zero-order valence-electron chi connectivity index (χ0n) is 8.63. The molecular formula is C11H12ClNO2. The topological polar surface area (TPSA) is 34.4 Å². The lowest BCUT2D eigenvalue weighted by Gasteiger charge is -2.07. The maximum Gasteiger partial charge on any atom is 0.194 e. The Morgan fingerprint density at radius 1 is 1.40 bits per heavy atom. The predicted molar refractivity (Wildman–Crippen MR) is 60.5 cm³/mol. The third-order valence-electron chi connectivity index (χ3n) is 2.26. The molecule has 0 fully saturated rings. The third-order valence-corrected chi connectivity index (χ3v) is 2.44. The van der Waals surface area contributed by atoms with Crippen LogP contribution in [-0.4, -0.2) is 14.2 Å². The minimum atomic E-state index is 0.397. The number of hydrogen-bond acceptors (Lipinski definition) is 3. The van der Waals surface area contributed by atoms with Crippen molar-refractivity contribution in [2.45, 2.75) is 6.54 Å². The Kier molecular flexibility index (Phi) is 2.84. The van der Waals surface area contributed by atoms with Gasteiger partial charge >= 0.3 is 0 Å². The predicted octanol–water partition coefficient (Wildman–Crippen LogP) is 2.81. The van der Waals surface area contributed by atoms with Crippen molar-refractivity contribution in [2.24, 2.45) is 0 Å². The average Bonchev–Trinajstić information content (AvgIpc) is 2.56. The van der Waals surface area contributed by atoms with Crippen LogP contribution in [0.2, 0.25) is 5.22 Å². The van der Waals surface area contributed by atoms with E-state index in [4.69, 9.17) is 20.8 Å². The monoisotopic (exact) mass is 225 g/mol. The summed E-state index contributed by atoms with van der Waals surface area (Å²) in [5.74, 6) is 0.842. The molecule has 0 saturated heterocycles. The molecule has 15 heavy (non-hydrogen) atoms. The smallest absolute Gasteiger partial charge is 0.194 e. The van der Waals surface area contributed by atoms with Crippen molar-refractivity contribution in [3.05, 3.63) is 29.0 Å². The minimum Gasteiger partial charge on any atom is -0.496 e.